The highest BCUT2D eigenvalue weighted by atomic mass is 32.1. The molecule has 0 aromatic carbocycles. The fraction of sp³-hybridized carbons (Fsp3) is 0.571. The third-order valence-electron chi connectivity index (χ3n) is 2.79. The smallest absolute Gasteiger partial charge is 0.107 e. The molecule has 1 rings (SSSR count). The lowest BCUT2D eigenvalue weighted by Crippen LogP contribution is -2.17. The molecule has 1 heterocycles. The van der Waals surface area contributed by atoms with Gasteiger partial charge in [-0.15, -0.1) is 0 Å². The van der Waals surface area contributed by atoms with E-state index >= 15 is 0 Å². The summed E-state index contributed by atoms with van der Waals surface area (Å²) >= 11 is 5.09. The predicted octanol–water partition coefficient (Wildman–Crippen LogP) is 1.80. The van der Waals surface area contributed by atoms with Gasteiger partial charge in [0.1, 0.15) is 4.99 Å². The van der Waals surface area contributed by atoms with E-state index in [0.29, 0.717) is 24.8 Å². The van der Waals surface area contributed by atoms with Gasteiger partial charge in [-0.3, -0.25) is 4.98 Å². The second-order valence-electron chi connectivity index (χ2n) is 4.52. The molecule has 3 N–H and O–H groups in total. The lowest BCUT2D eigenvalue weighted by Gasteiger charge is -2.14. The summed E-state index contributed by atoms with van der Waals surface area (Å²) in [5, 5.41) is 3.35. The minimum absolute atomic E-state index is 0.369. The Bertz CT molecular complexity index is 452. The number of nitrogens with one attached hydrogen (secondary N) is 1. The van der Waals surface area contributed by atoms with Crippen molar-refractivity contribution in [1.29, 1.82) is 0 Å². The van der Waals surface area contributed by atoms with Gasteiger partial charge in [0.15, 0.2) is 0 Å². The Morgan fingerprint density at radius 3 is 2.75 bits per heavy atom. The number of anilines is 1. The van der Waals surface area contributed by atoms with Gasteiger partial charge in [-0.25, -0.2) is 0 Å². The topological polar surface area (TPSA) is 69.4 Å². The number of aryl methyl sites for hydroxylation is 2. The molecular formula is C14H23N3O2S. The molecule has 20 heavy (non-hydrogen) atoms. The van der Waals surface area contributed by atoms with Gasteiger partial charge in [0.2, 0.25) is 0 Å². The second-order valence-corrected chi connectivity index (χ2v) is 4.96. The molecule has 1 aromatic rings. The molecule has 5 nitrogen and oxygen atoms in total. The van der Waals surface area contributed by atoms with E-state index in [0.717, 1.165) is 35.6 Å². The zero-order valence-electron chi connectivity index (χ0n) is 12.4. The Kier molecular flexibility index (Phi) is 7.43. The van der Waals surface area contributed by atoms with E-state index < -0.39 is 0 Å². The van der Waals surface area contributed by atoms with Crippen LogP contribution in [0, 0.1) is 13.8 Å². The van der Waals surface area contributed by atoms with Crippen molar-refractivity contribution < 1.29 is 9.47 Å². The Balaban J connectivity index is 2.49. The van der Waals surface area contributed by atoms with Crippen molar-refractivity contribution in [3.63, 3.8) is 0 Å². The lowest BCUT2D eigenvalue weighted by molar-refractivity contribution is 0.0705. The van der Waals surface area contributed by atoms with Gasteiger partial charge >= 0.3 is 0 Å². The van der Waals surface area contributed by atoms with Crippen molar-refractivity contribution in [2.75, 3.05) is 38.8 Å². The van der Waals surface area contributed by atoms with Gasteiger partial charge in [-0.05, 0) is 26.3 Å². The Labute approximate surface area is 125 Å². The van der Waals surface area contributed by atoms with Crippen molar-refractivity contribution >= 4 is 22.9 Å². The number of hydrogen-bond donors (Lipinski definition) is 2. The van der Waals surface area contributed by atoms with Crippen LogP contribution < -0.4 is 11.1 Å². The number of methoxy groups -OCH3 is 1. The highest BCUT2D eigenvalue weighted by Gasteiger charge is 2.10. The maximum atomic E-state index is 5.76. The molecule has 0 unspecified atom stereocenters. The van der Waals surface area contributed by atoms with E-state index in [4.69, 9.17) is 27.4 Å². The van der Waals surface area contributed by atoms with Crippen molar-refractivity contribution in [1.82, 2.24) is 4.98 Å². The van der Waals surface area contributed by atoms with Crippen molar-refractivity contribution in [3.8, 4) is 0 Å². The van der Waals surface area contributed by atoms with Crippen LogP contribution in [0.5, 0.6) is 0 Å². The summed E-state index contributed by atoms with van der Waals surface area (Å²) in [4.78, 5) is 4.76. The van der Waals surface area contributed by atoms with Gasteiger partial charge in [-0.1, -0.05) is 12.2 Å². The minimum Gasteiger partial charge on any atom is -0.389 e. The molecule has 0 aliphatic rings. The highest BCUT2D eigenvalue weighted by Crippen LogP contribution is 2.19. The number of nitrogens with two attached hydrogens (primary N) is 1. The molecule has 0 radical (unpaired) electrons. The van der Waals surface area contributed by atoms with Crippen LogP contribution in [0.2, 0.25) is 0 Å². The lowest BCUT2D eigenvalue weighted by atomic mass is 10.1. The molecule has 0 bridgehead atoms. The Morgan fingerprint density at radius 2 is 2.10 bits per heavy atom. The molecule has 112 valence electrons. The maximum absolute atomic E-state index is 5.76. The fourth-order valence-electron chi connectivity index (χ4n) is 1.92. The molecule has 0 fully saturated rings. The standard InChI is InChI=1S/C14H23N3O2S/c1-10-9-12(13(14(15)20)11(2)17-10)16-5-4-6-19-8-7-18-3/h9H,4-8H2,1-3H3,(H2,15,20)(H,16,17). The fourth-order valence-corrected chi connectivity index (χ4v) is 2.18. The number of thiocarbonyl (C=S) groups is 1. The quantitative estimate of drug-likeness (QED) is 0.535. The molecule has 0 aliphatic carbocycles. The van der Waals surface area contributed by atoms with Crippen LogP contribution in [0.15, 0.2) is 6.07 Å². The average molecular weight is 297 g/mol. The van der Waals surface area contributed by atoms with Crippen LogP contribution in [0.1, 0.15) is 23.4 Å². The minimum atomic E-state index is 0.369. The zero-order valence-corrected chi connectivity index (χ0v) is 13.2. The molecule has 0 spiro atoms. The number of hydrogen-bond acceptors (Lipinski definition) is 5. The van der Waals surface area contributed by atoms with Crippen LogP contribution in [-0.2, 0) is 9.47 Å². The second kappa shape index (κ2) is 8.84. The maximum Gasteiger partial charge on any atom is 0.107 e. The Hall–Kier alpha value is -1.24. The SMILES string of the molecule is COCCOCCCNc1cc(C)nc(C)c1C(N)=S. The van der Waals surface area contributed by atoms with Crippen LogP contribution in [0.3, 0.4) is 0 Å². The summed E-state index contributed by atoms with van der Waals surface area (Å²) in [6.07, 6.45) is 0.904. The summed E-state index contributed by atoms with van der Waals surface area (Å²) in [6.45, 7) is 6.62. The number of ether oxygens (including phenoxy) is 2. The van der Waals surface area contributed by atoms with Crippen LogP contribution >= 0.6 is 12.2 Å². The summed E-state index contributed by atoms with van der Waals surface area (Å²) in [5.74, 6) is 0. The summed E-state index contributed by atoms with van der Waals surface area (Å²) < 4.78 is 10.3. The van der Waals surface area contributed by atoms with Gasteiger partial charge < -0.3 is 20.5 Å². The first-order valence-corrected chi connectivity index (χ1v) is 7.05. The predicted molar refractivity (Wildman–Crippen MR) is 85.4 cm³/mol. The normalized spacial score (nSPS) is 10.6. The molecule has 0 aliphatic heterocycles. The van der Waals surface area contributed by atoms with E-state index in [1.54, 1.807) is 7.11 Å². The first-order chi connectivity index (χ1) is 9.56. The van der Waals surface area contributed by atoms with Gasteiger partial charge in [0.25, 0.3) is 0 Å². The first kappa shape index (κ1) is 16.8. The summed E-state index contributed by atoms with van der Waals surface area (Å²) in [6, 6.07) is 1.97. The number of pyridine rings is 1. The Morgan fingerprint density at radius 1 is 1.35 bits per heavy atom. The van der Waals surface area contributed by atoms with E-state index in [2.05, 4.69) is 10.3 Å². The monoisotopic (exact) mass is 297 g/mol. The molecule has 0 atom stereocenters. The van der Waals surface area contributed by atoms with Gasteiger partial charge in [0.05, 0.1) is 18.8 Å². The third kappa shape index (κ3) is 5.40. The van der Waals surface area contributed by atoms with E-state index in [-0.39, 0.29) is 0 Å². The molecule has 0 saturated heterocycles. The van der Waals surface area contributed by atoms with E-state index in [1.165, 1.54) is 0 Å². The number of aromatic nitrogens is 1. The molecular weight excluding hydrogens is 274 g/mol. The largest absolute Gasteiger partial charge is 0.389 e. The molecule has 0 amide bonds. The molecule has 6 heteroatoms. The van der Waals surface area contributed by atoms with E-state index in [9.17, 15) is 0 Å². The van der Waals surface area contributed by atoms with E-state index in [1.807, 2.05) is 19.9 Å². The van der Waals surface area contributed by atoms with Gasteiger partial charge in [0, 0.05) is 37.3 Å². The van der Waals surface area contributed by atoms with Crippen molar-refractivity contribution in [2.24, 2.45) is 5.73 Å². The van der Waals surface area contributed by atoms with Crippen LogP contribution in [0.4, 0.5) is 5.69 Å². The number of nitrogens with zero attached hydrogens (tertiary/aromatic N) is 1. The zero-order chi connectivity index (χ0) is 15.0. The highest BCUT2D eigenvalue weighted by molar-refractivity contribution is 7.80. The summed E-state index contributed by atoms with van der Waals surface area (Å²) in [5.41, 5.74) is 9.34. The first-order valence-electron chi connectivity index (χ1n) is 6.65. The van der Waals surface area contributed by atoms with Crippen LogP contribution in [0.25, 0.3) is 0 Å². The van der Waals surface area contributed by atoms with Gasteiger partial charge in [-0.2, -0.15) is 0 Å². The van der Waals surface area contributed by atoms with Crippen LogP contribution in [-0.4, -0.2) is 43.4 Å². The molecule has 1 aromatic heterocycles. The molecule has 0 saturated carbocycles. The summed E-state index contributed by atoms with van der Waals surface area (Å²) in [7, 11) is 1.66. The third-order valence-corrected chi connectivity index (χ3v) is 2.99. The number of rotatable bonds is 9. The average Bonchev–Trinajstić information content (AvgIpc) is 2.36. The van der Waals surface area contributed by atoms with Crippen molar-refractivity contribution in [3.05, 3.63) is 23.0 Å². The van der Waals surface area contributed by atoms with Crippen molar-refractivity contribution in [2.45, 2.75) is 20.3 Å².